The molecule has 0 aliphatic carbocycles. The Bertz CT molecular complexity index is 801. The molecule has 0 aromatic heterocycles. The van der Waals surface area contributed by atoms with Gasteiger partial charge in [-0.1, -0.05) is 6.92 Å². The quantitative estimate of drug-likeness (QED) is 0.115. The van der Waals surface area contributed by atoms with Crippen molar-refractivity contribution in [3.63, 3.8) is 0 Å². The minimum atomic E-state index is -0.610. The smallest absolute Gasteiger partial charge is 0.320 e. The highest BCUT2D eigenvalue weighted by atomic mass is 16.6. The molecule has 1 amide bonds. The fraction of sp³-hybridized carbons (Fsp3) is 0.862. The number of esters is 3. The van der Waals surface area contributed by atoms with E-state index in [4.69, 9.17) is 14.2 Å². The number of nitrogens with zero attached hydrogens (tertiary/aromatic N) is 2. The van der Waals surface area contributed by atoms with Crippen molar-refractivity contribution >= 4 is 23.8 Å². The Hall–Kier alpha value is -2.28. The van der Waals surface area contributed by atoms with Gasteiger partial charge in [-0.2, -0.15) is 0 Å². The molecule has 12 heteroatoms. The van der Waals surface area contributed by atoms with E-state index in [0.717, 1.165) is 6.42 Å². The van der Waals surface area contributed by atoms with Crippen molar-refractivity contribution < 1.29 is 33.4 Å². The lowest BCUT2D eigenvalue weighted by Crippen LogP contribution is -2.46. The van der Waals surface area contributed by atoms with E-state index in [1.807, 2.05) is 79.0 Å². The molecule has 0 aliphatic rings. The summed E-state index contributed by atoms with van der Waals surface area (Å²) in [5.74, 6) is -1.13. The van der Waals surface area contributed by atoms with Gasteiger partial charge in [-0.15, -0.1) is 0 Å². The lowest BCUT2D eigenvalue weighted by molar-refractivity contribution is -0.157. The Morgan fingerprint density at radius 1 is 0.561 bits per heavy atom. The molecule has 0 saturated carbocycles. The number of rotatable bonds is 19. The van der Waals surface area contributed by atoms with E-state index >= 15 is 0 Å². The van der Waals surface area contributed by atoms with Crippen LogP contribution in [0.3, 0.4) is 0 Å². The average molecular weight is 588 g/mol. The molecule has 0 heterocycles. The summed E-state index contributed by atoms with van der Waals surface area (Å²) in [5, 5.41) is 9.05. The summed E-state index contributed by atoms with van der Waals surface area (Å²) in [6.07, 6.45) is 0.836. The van der Waals surface area contributed by atoms with Gasteiger partial charge in [0.15, 0.2) is 0 Å². The summed E-state index contributed by atoms with van der Waals surface area (Å²) >= 11 is 0. The van der Waals surface area contributed by atoms with Crippen molar-refractivity contribution in [2.75, 3.05) is 72.0 Å². The molecule has 0 saturated heterocycles. The van der Waals surface area contributed by atoms with Crippen LogP contribution in [-0.4, -0.2) is 122 Å². The predicted molar refractivity (Wildman–Crippen MR) is 159 cm³/mol. The third-order valence-electron chi connectivity index (χ3n) is 5.03. The van der Waals surface area contributed by atoms with Crippen LogP contribution < -0.4 is 16.0 Å². The molecule has 0 radical (unpaired) electrons. The maximum atomic E-state index is 12.6. The van der Waals surface area contributed by atoms with Crippen molar-refractivity contribution in [3.8, 4) is 0 Å². The third-order valence-corrected chi connectivity index (χ3v) is 5.03. The van der Waals surface area contributed by atoms with Gasteiger partial charge in [0.25, 0.3) is 0 Å². The summed E-state index contributed by atoms with van der Waals surface area (Å²) in [5.41, 5.74) is -1.72. The number of hydrogen-bond acceptors (Lipinski definition) is 11. The van der Waals surface area contributed by atoms with Crippen molar-refractivity contribution in [1.82, 2.24) is 25.8 Å². The standard InChI is InChI=1S/C29H57N5O7/c1-11-12-32-23(35)21-33(15-13-30-19-24(36)39-27(2,3)4)17-18-34(22-26(38)41-29(8,9)10)16-14-31-20-25(37)40-28(5,6)7/h30-31H,11-22H2,1-10H3,(H,32,35). The fourth-order valence-electron chi connectivity index (χ4n) is 3.51. The van der Waals surface area contributed by atoms with Crippen LogP contribution in [0.15, 0.2) is 0 Å². The van der Waals surface area contributed by atoms with Gasteiger partial charge >= 0.3 is 17.9 Å². The van der Waals surface area contributed by atoms with E-state index in [2.05, 4.69) is 16.0 Å². The van der Waals surface area contributed by atoms with E-state index in [0.29, 0.717) is 45.8 Å². The van der Waals surface area contributed by atoms with Crippen LogP contribution in [-0.2, 0) is 33.4 Å². The summed E-state index contributed by atoms with van der Waals surface area (Å²) in [7, 11) is 0. The van der Waals surface area contributed by atoms with Crippen molar-refractivity contribution in [2.24, 2.45) is 0 Å². The van der Waals surface area contributed by atoms with Crippen molar-refractivity contribution in [2.45, 2.75) is 92.5 Å². The van der Waals surface area contributed by atoms with E-state index in [1.54, 1.807) is 0 Å². The van der Waals surface area contributed by atoms with Gasteiger partial charge in [0.2, 0.25) is 5.91 Å². The summed E-state index contributed by atoms with van der Waals surface area (Å²) in [6, 6.07) is 0. The van der Waals surface area contributed by atoms with E-state index in [1.165, 1.54) is 0 Å². The predicted octanol–water partition coefficient (Wildman–Crippen LogP) is 1.32. The molecule has 0 atom stereocenters. The first-order valence-corrected chi connectivity index (χ1v) is 14.6. The summed E-state index contributed by atoms with van der Waals surface area (Å²) < 4.78 is 16.2. The number of carbonyl (C=O) groups is 4. The molecule has 0 bridgehead atoms. The molecule has 0 aliphatic heterocycles. The number of amides is 1. The van der Waals surface area contributed by atoms with Gasteiger partial charge in [0.05, 0.1) is 26.2 Å². The van der Waals surface area contributed by atoms with Crippen LogP contribution >= 0.6 is 0 Å². The van der Waals surface area contributed by atoms with Crippen LogP contribution in [0.4, 0.5) is 0 Å². The SMILES string of the molecule is CCCNC(=O)CN(CCNCC(=O)OC(C)(C)C)CCN(CCNCC(=O)OC(C)(C)C)CC(=O)OC(C)(C)C. The maximum Gasteiger partial charge on any atom is 0.320 e. The number of ether oxygens (including phenoxy) is 3. The molecule has 0 fully saturated rings. The first-order chi connectivity index (χ1) is 18.8. The normalized spacial score (nSPS) is 12.4. The second-order valence-electron chi connectivity index (χ2n) is 13.0. The number of carbonyl (C=O) groups excluding carboxylic acids is 4. The minimum absolute atomic E-state index is 0.0601. The van der Waals surface area contributed by atoms with Gasteiger partial charge in [-0.25, -0.2) is 0 Å². The molecule has 0 rings (SSSR count). The highest BCUT2D eigenvalue weighted by Crippen LogP contribution is 2.08. The van der Waals surface area contributed by atoms with Crippen LogP contribution in [0, 0.1) is 0 Å². The van der Waals surface area contributed by atoms with E-state index in [-0.39, 0.29) is 50.0 Å². The zero-order valence-electron chi connectivity index (χ0n) is 27.2. The Labute approximate surface area is 247 Å². The Kier molecular flexibility index (Phi) is 18.0. The van der Waals surface area contributed by atoms with Gasteiger partial charge in [-0.3, -0.25) is 29.0 Å². The lowest BCUT2D eigenvalue weighted by atomic mass is 10.2. The van der Waals surface area contributed by atoms with Crippen molar-refractivity contribution in [3.05, 3.63) is 0 Å². The third kappa shape index (κ3) is 25.2. The molecule has 12 nitrogen and oxygen atoms in total. The highest BCUT2D eigenvalue weighted by Gasteiger charge is 2.21. The first kappa shape index (κ1) is 38.7. The lowest BCUT2D eigenvalue weighted by Gasteiger charge is -2.28. The number of hydrogen-bond donors (Lipinski definition) is 3. The second-order valence-corrected chi connectivity index (χ2v) is 13.0. The Morgan fingerprint density at radius 3 is 1.34 bits per heavy atom. The van der Waals surface area contributed by atoms with E-state index < -0.39 is 16.8 Å². The molecule has 0 spiro atoms. The van der Waals surface area contributed by atoms with Crippen LogP contribution in [0.25, 0.3) is 0 Å². The first-order valence-electron chi connectivity index (χ1n) is 14.6. The van der Waals surface area contributed by atoms with E-state index in [9.17, 15) is 19.2 Å². The van der Waals surface area contributed by atoms with Gasteiger partial charge in [0, 0.05) is 45.8 Å². The largest absolute Gasteiger partial charge is 0.459 e. The molecular formula is C29H57N5O7. The zero-order chi connectivity index (χ0) is 31.7. The van der Waals surface area contributed by atoms with Crippen LogP contribution in [0.1, 0.15) is 75.7 Å². The molecular weight excluding hydrogens is 530 g/mol. The van der Waals surface area contributed by atoms with Crippen molar-refractivity contribution in [1.29, 1.82) is 0 Å². The monoisotopic (exact) mass is 587 g/mol. The summed E-state index contributed by atoms with van der Waals surface area (Å²) in [4.78, 5) is 53.0. The topological polar surface area (TPSA) is 139 Å². The Balaban J connectivity index is 5.15. The molecule has 0 aromatic rings. The van der Waals surface area contributed by atoms with Crippen LogP contribution in [0.2, 0.25) is 0 Å². The average Bonchev–Trinajstić information content (AvgIpc) is 2.77. The van der Waals surface area contributed by atoms with Gasteiger partial charge < -0.3 is 30.2 Å². The molecule has 41 heavy (non-hydrogen) atoms. The van der Waals surface area contributed by atoms with Crippen LogP contribution in [0.5, 0.6) is 0 Å². The summed E-state index contributed by atoms with van der Waals surface area (Å²) in [6.45, 7) is 22.2. The van der Waals surface area contributed by atoms with Gasteiger partial charge in [-0.05, 0) is 68.7 Å². The molecule has 0 unspecified atom stereocenters. The molecule has 3 N–H and O–H groups in total. The number of nitrogens with one attached hydrogen (secondary N) is 3. The zero-order valence-corrected chi connectivity index (χ0v) is 27.2. The maximum absolute atomic E-state index is 12.6. The molecule has 0 aromatic carbocycles. The molecule has 240 valence electrons. The fourth-order valence-corrected chi connectivity index (χ4v) is 3.51. The minimum Gasteiger partial charge on any atom is -0.459 e. The van der Waals surface area contributed by atoms with Gasteiger partial charge in [0.1, 0.15) is 16.8 Å². The second kappa shape index (κ2) is 19.0. The highest BCUT2D eigenvalue weighted by molar-refractivity contribution is 5.78. The Morgan fingerprint density at radius 2 is 0.951 bits per heavy atom.